The van der Waals surface area contributed by atoms with E-state index in [1.807, 2.05) is 68.6 Å². The van der Waals surface area contributed by atoms with Gasteiger partial charge in [0, 0.05) is 41.5 Å². The Morgan fingerprint density at radius 2 is 1.76 bits per heavy atom. The second-order valence-electron chi connectivity index (χ2n) is 11.8. The number of sulfonamides is 1. The van der Waals surface area contributed by atoms with E-state index in [-0.39, 0.29) is 17.2 Å². The van der Waals surface area contributed by atoms with Crippen molar-refractivity contribution in [2.45, 2.75) is 37.5 Å². The Hall–Kier alpha value is -2.10. The van der Waals surface area contributed by atoms with E-state index in [1.165, 1.54) is 6.26 Å². The summed E-state index contributed by atoms with van der Waals surface area (Å²) < 4.78 is 27.6. The predicted molar refractivity (Wildman–Crippen MR) is 176 cm³/mol. The van der Waals surface area contributed by atoms with Crippen LogP contribution in [0.15, 0.2) is 65.1 Å². The van der Waals surface area contributed by atoms with Gasteiger partial charge < -0.3 is 9.80 Å². The first-order valence-electron chi connectivity index (χ1n) is 14.1. The van der Waals surface area contributed by atoms with Gasteiger partial charge in [0.1, 0.15) is 0 Å². The number of carbonyl (C=O) groups excluding carboxylic acids is 1. The zero-order valence-corrected chi connectivity index (χ0v) is 28.0. The number of likely N-dealkylation sites (N-methyl/N-ethyl adjacent to an activating group) is 1. The third kappa shape index (κ3) is 6.68. The molecule has 0 aliphatic carbocycles. The Bertz CT molecular complexity index is 1570. The Kier molecular flexibility index (Phi) is 9.31. The van der Waals surface area contributed by atoms with Crippen LogP contribution in [0.5, 0.6) is 0 Å². The van der Waals surface area contributed by atoms with Crippen molar-refractivity contribution in [2.75, 3.05) is 50.3 Å². The molecule has 2 heterocycles. The molecule has 224 valence electrons. The third-order valence-electron chi connectivity index (χ3n) is 8.74. The van der Waals surface area contributed by atoms with E-state index in [1.54, 1.807) is 9.21 Å². The monoisotopic (exact) mass is 691 g/mol. The fraction of sp³-hybridized carbons (Fsp3) is 0.406. The lowest BCUT2D eigenvalue weighted by molar-refractivity contribution is 0.0780. The second kappa shape index (κ2) is 12.5. The van der Waals surface area contributed by atoms with Crippen LogP contribution in [-0.4, -0.2) is 70.2 Å². The molecule has 1 spiro atoms. The normalized spacial score (nSPS) is 17.3. The first kappa shape index (κ1) is 31.3. The van der Waals surface area contributed by atoms with Crippen LogP contribution in [0, 0.1) is 6.92 Å². The highest BCUT2D eigenvalue weighted by Gasteiger charge is 2.46. The van der Waals surface area contributed by atoms with Crippen molar-refractivity contribution >= 4 is 60.7 Å². The summed E-state index contributed by atoms with van der Waals surface area (Å²) in [5.41, 5.74) is 4.53. The molecule has 3 aromatic rings. The fourth-order valence-corrected chi connectivity index (χ4v) is 8.39. The fourth-order valence-electron chi connectivity index (χ4n) is 6.47. The topological polar surface area (TPSA) is 60.9 Å². The standard InChI is InChI=1S/C32H36BrCl2N3O3S/c1-22-16-25(18-26(33)17-22)31(39)36(2)20-24(23-8-9-28(34)29(35)19-23)10-13-37-14-11-32(12-15-37)21-38(42(3,40)41)30-7-5-4-6-27(30)32/h4-9,16-19,24H,10-15,20-21H2,1-3H3/t24-/m1/s1. The summed E-state index contributed by atoms with van der Waals surface area (Å²) in [7, 11) is -1.50. The van der Waals surface area contributed by atoms with Crippen molar-refractivity contribution in [1.82, 2.24) is 9.80 Å². The molecule has 0 bridgehead atoms. The number of anilines is 1. The van der Waals surface area contributed by atoms with Crippen molar-refractivity contribution in [2.24, 2.45) is 0 Å². The van der Waals surface area contributed by atoms with Gasteiger partial charge in [0.2, 0.25) is 10.0 Å². The Morgan fingerprint density at radius 3 is 2.43 bits per heavy atom. The van der Waals surface area contributed by atoms with Crippen LogP contribution in [-0.2, 0) is 15.4 Å². The molecule has 1 atom stereocenters. The number of carbonyl (C=O) groups is 1. The summed E-state index contributed by atoms with van der Waals surface area (Å²) in [6, 6.07) is 19.4. The molecule has 2 aliphatic rings. The van der Waals surface area contributed by atoms with E-state index < -0.39 is 10.0 Å². The van der Waals surface area contributed by atoms with Crippen LogP contribution < -0.4 is 4.31 Å². The number of hydrogen-bond donors (Lipinski definition) is 0. The van der Waals surface area contributed by atoms with Crippen LogP contribution in [0.3, 0.4) is 0 Å². The number of halogens is 3. The van der Waals surface area contributed by atoms with Gasteiger partial charge in [0.25, 0.3) is 5.91 Å². The molecule has 42 heavy (non-hydrogen) atoms. The molecule has 6 nitrogen and oxygen atoms in total. The first-order valence-corrected chi connectivity index (χ1v) is 17.5. The molecule has 2 aliphatic heterocycles. The van der Waals surface area contributed by atoms with E-state index in [4.69, 9.17) is 23.2 Å². The molecule has 10 heteroatoms. The SMILES string of the molecule is Cc1cc(Br)cc(C(=O)N(C)C[C@@H](CCN2CCC3(CC2)CN(S(C)(=O)=O)c2ccccc23)c2ccc(Cl)c(Cl)c2)c1. The van der Waals surface area contributed by atoms with Gasteiger partial charge in [0.15, 0.2) is 0 Å². The van der Waals surface area contributed by atoms with Crippen LogP contribution >= 0.6 is 39.1 Å². The molecular weight excluding hydrogens is 657 g/mol. The van der Waals surface area contributed by atoms with Gasteiger partial charge in [-0.05, 0) is 98.9 Å². The van der Waals surface area contributed by atoms with Gasteiger partial charge in [-0.3, -0.25) is 9.10 Å². The Balaban J connectivity index is 1.29. The van der Waals surface area contributed by atoms with Gasteiger partial charge in [-0.2, -0.15) is 0 Å². The number of rotatable bonds is 8. The highest BCUT2D eigenvalue weighted by Crippen LogP contribution is 2.47. The highest BCUT2D eigenvalue weighted by molar-refractivity contribution is 9.10. The summed E-state index contributed by atoms with van der Waals surface area (Å²) in [6.45, 7) is 5.64. The van der Waals surface area contributed by atoms with Gasteiger partial charge in [-0.25, -0.2) is 8.42 Å². The summed E-state index contributed by atoms with van der Waals surface area (Å²) >= 11 is 16.2. The molecule has 5 rings (SSSR count). The quantitative estimate of drug-likeness (QED) is 0.252. The lowest BCUT2D eigenvalue weighted by atomic mass is 9.74. The van der Waals surface area contributed by atoms with Gasteiger partial charge in [-0.1, -0.05) is 63.4 Å². The molecule has 1 saturated heterocycles. The lowest BCUT2D eigenvalue weighted by Crippen LogP contribution is -2.46. The van der Waals surface area contributed by atoms with Crippen LogP contribution in [0.1, 0.15) is 52.2 Å². The minimum Gasteiger partial charge on any atom is -0.341 e. The van der Waals surface area contributed by atoms with Crippen molar-refractivity contribution in [3.05, 3.63) is 97.4 Å². The van der Waals surface area contributed by atoms with Crippen LogP contribution in [0.2, 0.25) is 10.0 Å². The Labute approximate surface area is 267 Å². The summed E-state index contributed by atoms with van der Waals surface area (Å²) in [5, 5.41) is 1.01. The molecule has 0 N–H and O–H groups in total. The maximum atomic E-state index is 13.4. The summed E-state index contributed by atoms with van der Waals surface area (Å²) in [4.78, 5) is 17.6. The van der Waals surface area contributed by atoms with E-state index in [9.17, 15) is 13.2 Å². The molecule has 0 aromatic heterocycles. The molecular formula is C32H36BrCl2N3O3S. The van der Waals surface area contributed by atoms with Crippen LogP contribution in [0.4, 0.5) is 5.69 Å². The van der Waals surface area contributed by atoms with Crippen LogP contribution in [0.25, 0.3) is 0 Å². The molecule has 0 radical (unpaired) electrons. The number of hydrogen-bond acceptors (Lipinski definition) is 4. The maximum absolute atomic E-state index is 13.4. The van der Waals surface area contributed by atoms with E-state index in [0.717, 1.165) is 65.7 Å². The number of piperidine rings is 1. The van der Waals surface area contributed by atoms with Crippen molar-refractivity contribution < 1.29 is 13.2 Å². The lowest BCUT2D eigenvalue weighted by Gasteiger charge is -2.40. The minimum atomic E-state index is -3.34. The average Bonchev–Trinajstić information content (AvgIpc) is 3.27. The molecule has 3 aromatic carbocycles. The van der Waals surface area contributed by atoms with Crippen molar-refractivity contribution in [3.63, 3.8) is 0 Å². The van der Waals surface area contributed by atoms with Gasteiger partial charge in [0.05, 0.1) is 22.0 Å². The number of fused-ring (bicyclic) bond motifs is 2. The molecule has 1 fully saturated rings. The zero-order chi connectivity index (χ0) is 30.2. The number of likely N-dealkylation sites (tertiary alicyclic amines) is 1. The van der Waals surface area contributed by atoms with Crippen molar-refractivity contribution in [1.29, 1.82) is 0 Å². The number of aryl methyl sites for hydroxylation is 1. The molecule has 0 saturated carbocycles. The molecule has 0 unspecified atom stereocenters. The molecule has 1 amide bonds. The summed E-state index contributed by atoms with van der Waals surface area (Å²) in [5.74, 6) is 0.0329. The number of amides is 1. The van der Waals surface area contributed by atoms with Gasteiger partial charge in [-0.15, -0.1) is 0 Å². The number of para-hydroxylation sites is 1. The largest absolute Gasteiger partial charge is 0.341 e. The predicted octanol–water partition coefficient (Wildman–Crippen LogP) is 7.12. The third-order valence-corrected chi connectivity index (χ3v) is 11.1. The van der Waals surface area contributed by atoms with E-state index in [2.05, 4.69) is 26.9 Å². The Morgan fingerprint density at radius 1 is 1.05 bits per heavy atom. The van der Waals surface area contributed by atoms with Gasteiger partial charge >= 0.3 is 0 Å². The van der Waals surface area contributed by atoms with E-state index >= 15 is 0 Å². The maximum Gasteiger partial charge on any atom is 0.253 e. The summed E-state index contributed by atoms with van der Waals surface area (Å²) in [6.07, 6.45) is 3.93. The first-order chi connectivity index (χ1) is 19.9. The second-order valence-corrected chi connectivity index (χ2v) is 15.4. The van der Waals surface area contributed by atoms with Crippen molar-refractivity contribution in [3.8, 4) is 0 Å². The number of benzene rings is 3. The van der Waals surface area contributed by atoms with E-state index in [0.29, 0.717) is 28.7 Å². The zero-order valence-electron chi connectivity index (χ0n) is 24.1. The highest BCUT2D eigenvalue weighted by atomic mass is 79.9. The smallest absolute Gasteiger partial charge is 0.253 e. The average molecular weight is 694 g/mol. The minimum absolute atomic E-state index is 0.0281. The number of nitrogens with zero attached hydrogens (tertiary/aromatic N) is 3.